The predicted molar refractivity (Wildman–Crippen MR) is 269 cm³/mol. The lowest BCUT2D eigenvalue weighted by Crippen LogP contribution is -2.78. The molecule has 0 amide bonds. The van der Waals surface area contributed by atoms with Crippen LogP contribution in [0.2, 0.25) is 0 Å². The number of aryl methyl sites for hydroxylation is 1. The van der Waals surface area contributed by atoms with E-state index in [-0.39, 0.29) is 58.9 Å². The van der Waals surface area contributed by atoms with Gasteiger partial charge in [-0.15, -0.1) is 0 Å². The number of allylic oxidation sites excluding steroid dienone is 4. The van der Waals surface area contributed by atoms with Gasteiger partial charge in [0.05, 0.1) is 11.0 Å². The van der Waals surface area contributed by atoms with Crippen molar-refractivity contribution in [3.05, 3.63) is 80.0 Å². The molecule has 4 saturated heterocycles. The van der Waals surface area contributed by atoms with E-state index in [2.05, 4.69) is 53.7 Å². The zero-order valence-electron chi connectivity index (χ0n) is 42.5. The second-order valence-electron chi connectivity index (χ2n) is 27.6. The molecular weight excluding hydrogens is 879 g/mol. The highest BCUT2D eigenvalue weighted by Crippen LogP contribution is 2.90. The number of fused-ring (bicyclic) bond motifs is 10. The highest BCUT2D eigenvalue weighted by molar-refractivity contribution is 6.01. The maximum Gasteiger partial charge on any atom is 0.339 e. The third kappa shape index (κ3) is 4.69. The average molecular weight is 954 g/mol. The number of aliphatic hydroxyl groups excluding tert-OH is 1. The summed E-state index contributed by atoms with van der Waals surface area (Å²) in [6, 6.07) is 5.47. The van der Waals surface area contributed by atoms with Gasteiger partial charge in [-0.25, -0.2) is 4.79 Å². The van der Waals surface area contributed by atoms with Crippen LogP contribution < -0.4 is 5.73 Å². The minimum absolute atomic E-state index is 0.0829. The van der Waals surface area contributed by atoms with Gasteiger partial charge in [-0.2, -0.15) is 0 Å². The van der Waals surface area contributed by atoms with Gasteiger partial charge in [-0.3, -0.25) is 9.69 Å². The molecule has 71 heavy (non-hydrogen) atoms. The number of nitrogens with zero attached hydrogens (tertiary/aromatic N) is 2. The van der Waals surface area contributed by atoms with Gasteiger partial charge in [0.15, 0.2) is 11.4 Å². The molecule has 0 radical (unpaired) electrons. The Kier molecular flexibility index (Phi) is 8.34. The van der Waals surface area contributed by atoms with Crippen LogP contribution >= 0.6 is 0 Å². The molecule has 0 aromatic heterocycles. The molecule has 4 saturated carbocycles. The van der Waals surface area contributed by atoms with Gasteiger partial charge >= 0.3 is 11.9 Å². The van der Waals surface area contributed by atoms with Crippen molar-refractivity contribution in [3.8, 4) is 11.8 Å². The number of rotatable bonds is 4. The molecule has 8 nitrogen and oxygen atoms in total. The number of esters is 2. The van der Waals surface area contributed by atoms with Crippen molar-refractivity contribution in [1.82, 2.24) is 9.80 Å². The van der Waals surface area contributed by atoms with E-state index in [4.69, 9.17) is 15.2 Å². The predicted octanol–water partition coefficient (Wildman–Crippen LogP) is 10.8. The van der Waals surface area contributed by atoms with Crippen LogP contribution in [-0.2, 0) is 32.7 Å². The second kappa shape index (κ2) is 13.9. The van der Waals surface area contributed by atoms with Crippen molar-refractivity contribution in [2.45, 2.75) is 179 Å². The number of aliphatic hydroxyl groups is 1. The lowest BCUT2D eigenvalue weighted by atomic mass is 9.26. The first-order chi connectivity index (χ1) is 34.6. The summed E-state index contributed by atoms with van der Waals surface area (Å²) in [5.74, 6) is 10.3. The first-order valence-corrected chi connectivity index (χ1v) is 29.5. The third-order valence-electron chi connectivity index (χ3n) is 25.4. The topological polar surface area (TPSA) is 105 Å². The molecule has 372 valence electrons. The standard InChI is InChI=1S/C63H75N3O5/c1-33-24-37-16-21-60-30-44(37)51-43-17-22-61-56-55(67)49-38(9-5-8-36-13-12-35(11-7-23-64)48-50(36)63(61,71-57(48)68)47(25-33)62(51,61)58(69)70-56)28-46-42-27-41(45-15-14-39(26-34(60)2)54(52(43)60)65(45)32-42)31-66(46)53(49)40-10-6-20-59(29-40)18-3-4-19-59/h12-13,24,33-34,38,40-42,44-47,49,52-53,67H,3-4,6-8,10-11,14-23,25-32,64H2,1-2H3/b37-24+,56-55+/t33-,34-,38-,40+,41+,42+,44-,45-,46+,47+,49-,52-,53+,60-,61-,62-,63+/m1/s1. The van der Waals surface area contributed by atoms with E-state index in [1.807, 2.05) is 0 Å². The molecule has 3 N–H and O–H groups in total. The van der Waals surface area contributed by atoms with Crippen molar-refractivity contribution in [2.75, 3.05) is 19.6 Å². The molecule has 8 fully saturated rings. The van der Waals surface area contributed by atoms with E-state index >= 15 is 9.59 Å². The number of benzene rings is 1. The zero-order chi connectivity index (χ0) is 47.3. The van der Waals surface area contributed by atoms with E-state index in [9.17, 15) is 5.11 Å². The number of piperidine rings is 3. The van der Waals surface area contributed by atoms with Gasteiger partial charge in [0.1, 0.15) is 11.2 Å². The van der Waals surface area contributed by atoms with Crippen LogP contribution in [0.15, 0.2) is 57.7 Å². The van der Waals surface area contributed by atoms with Crippen molar-refractivity contribution in [1.29, 1.82) is 0 Å². The summed E-state index contributed by atoms with van der Waals surface area (Å²) in [7, 11) is 0. The van der Waals surface area contributed by atoms with Crippen LogP contribution in [0.1, 0.15) is 169 Å². The van der Waals surface area contributed by atoms with Gasteiger partial charge in [-0.05, 0) is 179 Å². The van der Waals surface area contributed by atoms with Crippen LogP contribution in [0.4, 0.5) is 0 Å². The second-order valence-corrected chi connectivity index (χ2v) is 27.6. The third-order valence-corrected chi connectivity index (χ3v) is 25.4. The molecule has 5 spiro atoms. The Hall–Kier alpha value is -3.80. The first kappa shape index (κ1) is 42.5. The molecule has 17 atom stereocenters. The molecule has 6 aliphatic heterocycles. The van der Waals surface area contributed by atoms with Crippen LogP contribution in [-0.4, -0.2) is 64.6 Å². The summed E-state index contributed by atoms with van der Waals surface area (Å²) in [6.07, 6.45) is 26.4. The van der Waals surface area contributed by atoms with E-state index in [1.54, 1.807) is 22.4 Å². The van der Waals surface area contributed by atoms with Gasteiger partial charge in [-0.1, -0.05) is 79.9 Å². The van der Waals surface area contributed by atoms with E-state index < -0.39 is 16.4 Å². The van der Waals surface area contributed by atoms with Gasteiger partial charge < -0.3 is 25.2 Å². The molecule has 15 aliphatic rings. The average Bonchev–Trinajstić information content (AvgIpc) is 4.06. The van der Waals surface area contributed by atoms with Crippen LogP contribution in [0.5, 0.6) is 0 Å². The van der Waals surface area contributed by atoms with Crippen molar-refractivity contribution in [2.24, 2.45) is 86.6 Å². The summed E-state index contributed by atoms with van der Waals surface area (Å²) >= 11 is 0. The molecule has 0 unspecified atom stereocenters. The molecule has 8 heteroatoms. The summed E-state index contributed by atoms with van der Waals surface area (Å²) in [4.78, 5) is 38.3. The van der Waals surface area contributed by atoms with Gasteiger partial charge in [0, 0.05) is 78.5 Å². The Morgan fingerprint density at radius 3 is 2.65 bits per heavy atom. The highest BCUT2D eigenvalue weighted by Gasteiger charge is 2.94. The summed E-state index contributed by atoms with van der Waals surface area (Å²) in [5, 5.41) is 14.4. The van der Waals surface area contributed by atoms with E-state index in [0.717, 1.165) is 68.3 Å². The SMILES string of the molecule is C[C@@H]1/C=C2\CC[C@@]34C[C@H]2C2=C5CC[C@]67/C8=C(\O)[C@H]9[C@H]([C@H]%10CCCC%11(CCCC%11)C%10)N%10C[C@@H]%11C[C@@H](CN%12C(=C(CC[C@H]%11%12)C[C@H]3C)[C@@H]54)[C@@H]%10C[C@H]9C#CCc3ccc(CCCN)c4c3[C@@]6(OC4=O)[C@@H](C1)[C@]27C(=O)O8. The highest BCUT2D eigenvalue weighted by atomic mass is 16.6. The Morgan fingerprint density at radius 2 is 1.77 bits per heavy atom. The number of hydrogen-bond acceptors (Lipinski definition) is 8. The molecule has 1 aromatic carbocycles. The minimum Gasteiger partial charge on any atom is -0.508 e. The Bertz CT molecular complexity index is 2870. The van der Waals surface area contributed by atoms with Crippen molar-refractivity contribution in [3.63, 3.8) is 0 Å². The number of carbonyl (C=O) groups excluding carboxylic acids is 2. The van der Waals surface area contributed by atoms with Gasteiger partial charge in [0.2, 0.25) is 0 Å². The normalized spacial score (nSPS) is 49.8. The smallest absolute Gasteiger partial charge is 0.339 e. The van der Waals surface area contributed by atoms with E-state index in [1.165, 1.54) is 89.0 Å². The van der Waals surface area contributed by atoms with Crippen molar-refractivity contribution < 1.29 is 24.2 Å². The largest absolute Gasteiger partial charge is 0.508 e. The number of hydrogen-bond donors (Lipinski definition) is 2. The van der Waals surface area contributed by atoms with Crippen LogP contribution in [0.3, 0.4) is 0 Å². The summed E-state index contributed by atoms with van der Waals surface area (Å²) in [5.41, 5.74) is 15.1. The van der Waals surface area contributed by atoms with Gasteiger partial charge in [0.25, 0.3) is 0 Å². The maximum atomic E-state index is 16.7. The summed E-state index contributed by atoms with van der Waals surface area (Å²) < 4.78 is 14.9. The van der Waals surface area contributed by atoms with Crippen LogP contribution in [0.25, 0.3) is 0 Å². The fraction of sp³-hybridized carbons (Fsp3) is 0.714. The molecular formula is C63H75N3O5. The Balaban J connectivity index is 1.01. The molecule has 6 heterocycles. The molecule has 4 bridgehead atoms. The molecule has 16 rings (SSSR count). The lowest BCUT2D eigenvalue weighted by Gasteiger charge is -2.74. The summed E-state index contributed by atoms with van der Waals surface area (Å²) in [6.45, 7) is 7.75. The van der Waals surface area contributed by atoms with Crippen LogP contribution in [0, 0.1) is 92.7 Å². The fourth-order valence-corrected chi connectivity index (χ4v) is 23.5. The maximum absolute atomic E-state index is 16.7. The number of carbonyl (C=O) groups is 2. The molecule has 9 aliphatic carbocycles. The minimum atomic E-state index is -1.19. The lowest BCUT2D eigenvalue weighted by molar-refractivity contribution is -0.283. The van der Waals surface area contributed by atoms with Crippen molar-refractivity contribution >= 4 is 11.9 Å². The monoisotopic (exact) mass is 954 g/mol. The molecule has 1 aromatic rings. The fourth-order valence-electron chi connectivity index (χ4n) is 23.5. The Morgan fingerprint density at radius 1 is 0.915 bits per heavy atom. The Labute approximate surface area is 421 Å². The van der Waals surface area contributed by atoms with E-state index in [0.29, 0.717) is 84.1 Å². The zero-order valence-corrected chi connectivity index (χ0v) is 42.5. The quantitative estimate of drug-likeness (QED) is 0.175. The number of ether oxygens (including phenoxy) is 2. The first-order valence-electron chi connectivity index (χ1n) is 29.5. The number of nitrogens with two attached hydrogens (primary N) is 1.